The highest BCUT2D eigenvalue weighted by atomic mass is 16.5. The van der Waals surface area contributed by atoms with Crippen LogP contribution in [0.4, 0.5) is 11.9 Å². The summed E-state index contributed by atoms with van der Waals surface area (Å²) in [7, 11) is 0. The number of hydrogen-bond acceptors (Lipinski definition) is 7. The zero-order valence-electron chi connectivity index (χ0n) is 15.4. The summed E-state index contributed by atoms with van der Waals surface area (Å²) in [4.78, 5) is 30.4. The van der Waals surface area contributed by atoms with Crippen LogP contribution in [0, 0.1) is 0 Å². The smallest absolute Gasteiger partial charge is 0.240 e. The van der Waals surface area contributed by atoms with Crippen molar-refractivity contribution in [3.8, 4) is 0 Å². The molecule has 144 valence electrons. The van der Waals surface area contributed by atoms with Crippen molar-refractivity contribution in [1.82, 2.24) is 24.8 Å². The number of carbonyl (C=O) groups excluding carboxylic acids is 1. The first kappa shape index (κ1) is 17.7. The second-order valence-electron chi connectivity index (χ2n) is 6.78. The van der Waals surface area contributed by atoms with Crippen molar-refractivity contribution < 1.29 is 9.53 Å². The van der Waals surface area contributed by atoms with Gasteiger partial charge in [-0.3, -0.25) is 4.79 Å². The van der Waals surface area contributed by atoms with Gasteiger partial charge < -0.3 is 24.4 Å². The minimum atomic E-state index is -0.0674. The lowest BCUT2D eigenvalue weighted by Crippen LogP contribution is -2.38. The first-order valence-corrected chi connectivity index (χ1v) is 9.48. The number of nitrogens with zero attached hydrogens (tertiary/aromatic N) is 6. The van der Waals surface area contributed by atoms with Crippen molar-refractivity contribution >= 4 is 17.8 Å². The molecule has 0 radical (unpaired) electrons. The van der Waals surface area contributed by atoms with E-state index < -0.39 is 0 Å². The molecule has 2 aliphatic heterocycles. The van der Waals surface area contributed by atoms with Crippen molar-refractivity contribution in [2.24, 2.45) is 0 Å². The lowest BCUT2D eigenvalue weighted by Gasteiger charge is -2.28. The molecule has 0 atom stereocenters. The molecule has 2 aromatic heterocycles. The van der Waals surface area contributed by atoms with E-state index in [1.165, 1.54) is 0 Å². The van der Waals surface area contributed by atoms with Gasteiger partial charge in [-0.05, 0) is 25.0 Å². The monoisotopic (exact) mass is 371 g/mol. The van der Waals surface area contributed by atoms with Gasteiger partial charge in [0.05, 0.1) is 19.8 Å². The maximum atomic E-state index is 12.2. The molecule has 1 N–H and O–H groups in total. The molecule has 0 unspecified atom stereocenters. The van der Waals surface area contributed by atoms with E-state index in [1.807, 2.05) is 29.1 Å². The van der Waals surface area contributed by atoms with Crippen LogP contribution in [0.1, 0.15) is 18.7 Å². The zero-order chi connectivity index (χ0) is 18.5. The van der Waals surface area contributed by atoms with Crippen molar-refractivity contribution in [2.45, 2.75) is 25.9 Å². The third kappa shape index (κ3) is 4.54. The fourth-order valence-electron chi connectivity index (χ4n) is 3.31. The van der Waals surface area contributed by atoms with Crippen molar-refractivity contribution in [1.29, 1.82) is 0 Å². The molecule has 0 aromatic carbocycles. The van der Waals surface area contributed by atoms with Crippen LogP contribution < -0.4 is 15.1 Å². The summed E-state index contributed by atoms with van der Waals surface area (Å²) in [5, 5.41) is 2.91. The molecule has 1 amide bonds. The van der Waals surface area contributed by atoms with Gasteiger partial charge in [0.15, 0.2) is 5.82 Å². The van der Waals surface area contributed by atoms with E-state index in [4.69, 9.17) is 4.74 Å². The molecule has 4 rings (SSSR count). The third-order valence-corrected chi connectivity index (χ3v) is 4.78. The van der Waals surface area contributed by atoms with Gasteiger partial charge in [-0.2, -0.15) is 15.0 Å². The minimum absolute atomic E-state index is 0.0674. The third-order valence-electron chi connectivity index (χ3n) is 4.78. The number of carbonyl (C=O) groups is 1. The second-order valence-corrected chi connectivity index (χ2v) is 6.78. The number of rotatable bonds is 6. The molecule has 2 fully saturated rings. The average molecular weight is 371 g/mol. The first-order valence-electron chi connectivity index (χ1n) is 9.48. The molecule has 2 aromatic rings. The van der Waals surface area contributed by atoms with Gasteiger partial charge in [-0.1, -0.05) is 0 Å². The van der Waals surface area contributed by atoms with E-state index >= 15 is 0 Å². The minimum Gasteiger partial charge on any atom is -0.378 e. The molecular formula is C18H25N7O2. The van der Waals surface area contributed by atoms with Crippen LogP contribution in [0.15, 0.2) is 24.5 Å². The van der Waals surface area contributed by atoms with Gasteiger partial charge in [0, 0.05) is 38.6 Å². The molecule has 2 saturated heterocycles. The summed E-state index contributed by atoms with van der Waals surface area (Å²) in [6.07, 6.45) is 6.04. The number of hydrogen-bond donors (Lipinski definition) is 1. The van der Waals surface area contributed by atoms with Gasteiger partial charge in [0.2, 0.25) is 17.8 Å². The zero-order valence-corrected chi connectivity index (χ0v) is 15.4. The van der Waals surface area contributed by atoms with E-state index in [2.05, 4.69) is 30.1 Å². The maximum absolute atomic E-state index is 12.2. The molecule has 9 nitrogen and oxygen atoms in total. The average Bonchev–Trinajstić information content (AvgIpc) is 3.41. The van der Waals surface area contributed by atoms with E-state index in [0.717, 1.165) is 39.0 Å². The highest BCUT2D eigenvalue weighted by Crippen LogP contribution is 2.19. The lowest BCUT2D eigenvalue weighted by molar-refractivity contribution is -0.121. The predicted octanol–water partition coefficient (Wildman–Crippen LogP) is 0.426. The van der Waals surface area contributed by atoms with Crippen molar-refractivity contribution in [3.63, 3.8) is 0 Å². The highest BCUT2D eigenvalue weighted by Gasteiger charge is 2.21. The van der Waals surface area contributed by atoms with Crippen LogP contribution in [0.3, 0.4) is 0 Å². The highest BCUT2D eigenvalue weighted by molar-refractivity contribution is 5.75. The Hall–Kier alpha value is -2.68. The number of morpholine rings is 1. The van der Waals surface area contributed by atoms with Gasteiger partial charge in [0.25, 0.3) is 0 Å². The topological polar surface area (TPSA) is 88.4 Å². The van der Waals surface area contributed by atoms with E-state index in [0.29, 0.717) is 37.5 Å². The number of amides is 1. The van der Waals surface area contributed by atoms with E-state index in [1.54, 1.807) is 0 Å². The standard InChI is InChI=1S/C18H25N7O2/c26-16(14-23-5-1-2-6-23)19-13-15-20-17(24-7-3-4-8-24)22-18(21-15)25-9-11-27-12-10-25/h1-2,5-6H,3-4,7-14H2,(H,19,26). The first-order chi connectivity index (χ1) is 13.3. The SMILES string of the molecule is O=C(Cn1cccc1)NCc1nc(N2CCCC2)nc(N2CCOCC2)n1. The Morgan fingerprint density at radius 1 is 0.963 bits per heavy atom. The molecular weight excluding hydrogens is 346 g/mol. The molecule has 0 spiro atoms. The maximum Gasteiger partial charge on any atom is 0.240 e. The predicted molar refractivity (Wildman–Crippen MR) is 101 cm³/mol. The Morgan fingerprint density at radius 3 is 2.26 bits per heavy atom. The molecule has 9 heteroatoms. The van der Waals surface area contributed by atoms with Crippen LogP contribution in [0.2, 0.25) is 0 Å². The van der Waals surface area contributed by atoms with E-state index in [-0.39, 0.29) is 12.5 Å². The normalized spacial score (nSPS) is 17.3. The quantitative estimate of drug-likeness (QED) is 0.787. The van der Waals surface area contributed by atoms with Gasteiger partial charge in [-0.25, -0.2) is 0 Å². The van der Waals surface area contributed by atoms with E-state index in [9.17, 15) is 4.79 Å². The molecule has 2 aliphatic rings. The molecule has 4 heterocycles. The summed E-state index contributed by atoms with van der Waals surface area (Å²) in [6, 6.07) is 3.80. The summed E-state index contributed by atoms with van der Waals surface area (Å²) in [5.74, 6) is 1.90. The Bertz CT molecular complexity index is 753. The Kier molecular flexibility index (Phi) is 5.47. The molecule has 0 aliphatic carbocycles. The molecule has 0 saturated carbocycles. The van der Waals surface area contributed by atoms with Gasteiger partial charge in [-0.15, -0.1) is 0 Å². The number of aromatic nitrogens is 4. The summed E-state index contributed by atoms with van der Waals surface area (Å²) < 4.78 is 7.26. The van der Waals surface area contributed by atoms with Gasteiger partial charge in [0.1, 0.15) is 6.54 Å². The summed E-state index contributed by atoms with van der Waals surface area (Å²) in [6.45, 7) is 5.39. The fraction of sp³-hybridized carbons (Fsp3) is 0.556. The summed E-state index contributed by atoms with van der Waals surface area (Å²) >= 11 is 0. The molecule has 0 bridgehead atoms. The Labute approximate surface area is 158 Å². The van der Waals surface area contributed by atoms with Crippen LogP contribution in [-0.2, 0) is 22.6 Å². The lowest BCUT2D eigenvalue weighted by atomic mass is 10.4. The largest absolute Gasteiger partial charge is 0.378 e. The Balaban J connectivity index is 1.47. The number of nitrogens with one attached hydrogen (secondary N) is 1. The van der Waals surface area contributed by atoms with Crippen molar-refractivity contribution in [2.75, 3.05) is 49.2 Å². The van der Waals surface area contributed by atoms with Crippen LogP contribution in [0.5, 0.6) is 0 Å². The van der Waals surface area contributed by atoms with Crippen molar-refractivity contribution in [3.05, 3.63) is 30.4 Å². The van der Waals surface area contributed by atoms with Crippen LogP contribution in [-0.4, -0.2) is 64.8 Å². The summed E-state index contributed by atoms with van der Waals surface area (Å²) in [5.41, 5.74) is 0. The Morgan fingerprint density at radius 2 is 1.59 bits per heavy atom. The van der Waals surface area contributed by atoms with Gasteiger partial charge >= 0.3 is 0 Å². The number of anilines is 2. The fourth-order valence-corrected chi connectivity index (χ4v) is 3.31. The second kappa shape index (κ2) is 8.34. The molecule has 27 heavy (non-hydrogen) atoms. The number of ether oxygens (including phenoxy) is 1. The van der Waals surface area contributed by atoms with Crippen LogP contribution >= 0.6 is 0 Å². The van der Waals surface area contributed by atoms with Crippen LogP contribution in [0.25, 0.3) is 0 Å².